The molecule has 0 unspecified atom stereocenters. The van der Waals surface area contributed by atoms with Gasteiger partial charge in [-0.3, -0.25) is 4.79 Å². The van der Waals surface area contributed by atoms with Crippen LogP contribution >= 0.6 is 0 Å². The summed E-state index contributed by atoms with van der Waals surface area (Å²) in [6.07, 6.45) is -5.70. The fourth-order valence-corrected chi connectivity index (χ4v) is 0. The number of carbonyl (C=O) groups is 1. The molecule has 0 saturated carbocycles. The predicted molar refractivity (Wildman–Crippen MR) is 23.0 cm³/mol. The summed E-state index contributed by atoms with van der Waals surface area (Å²) in [5.74, 6) is 0. The van der Waals surface area contributed by atoms with Crippen molar-refractivity contribution in [3.63, 3.8) is 0 Å². The van der Waals surface area contributed by atoms with E-state index in [1.54, 1.807) is 0 Å². The molecule has 0 aromatic rings. The molecule has 0 saturated heterocycles. The van der Waals surface area contributed by atoms with Gasteiger partial charge < -0.3 is 16.4 Å². The monoisotopic (exact) mass is 152 g/mol. The van der Waals surface area contributed by atoms with Gasteiger partial charge >= 0.3 is 6.18 Å². The highest BCUT2D eigenvalue weighted by molar-refractivity contribution is 5.56. The first-order valence-corrected chi connectivity index (χ1v) is 1.09. The van der Waals surface area contributed by atoms with E-state index in [0.29, 0.717) is 0 Å². The van der Waals surface area contributed by atoms with Crippen LogP contribution in [0.1, 0.15) is 0 Å². The van der Waals surface area contributed by atoms with E-state index in [1.807, 2.05) is 0 Å². The number of hydrogen-bond donors (Lipinski definition) is 0. The summed E-state index contributed by atoms with van der Waals surface area (Å²) in [6, 6.07) is 0. The third kappa shape index (κ3) is 38.2. The number of halogens is 3. The Morgan fingerprint density at radius 3 is 1.11 bits per heavy atom. The van der Waals surface area contributed by atoms with E-state index in [2.05, 4.69) is 0 Å². The van der Waals surface area contributed by atoms with Crippen LogP contribution in [0.5, 0.6) is 0 Å². The average Bonchev–Trinajstić information content (AvgIpc) is 1.35. The molecule has 0 amide bonds. The first-order chi connectivity index (χ1) is 2.56. The molecule has 4 nitrogen and oxygen atoms in total. The van der Waals surface area contributed by atoms with Crippen LogP contribution in [-0.4, -0.2) is 28.9 Å². The molecular formula is C2H7F3O4. The minimum absolute atomic E-state index is 0. The molecule has 7 heteroatoms. The zero-order valence-electron chi connectivity index (χ0n) is 4.12. The summed E-state index contributed by atoms with van der Waals surface area (Å²) in [5, 5.41) is 0. The van der Waals surface area contributed by atoms with Crippen molar-refractivity contribution in [2.24, 2.45) is 0 Å². The number of aldehydes is 1. The largest absolute Gasteiger partial charge is 0.446 e. The summed E-state index contributed by atoms with van der Waals surface area (Å²) in [7, 11) is 0. The van der Waals surface area contributed by atoms with Crippen LogP contribution in [0, 0.1) is 0 Å². The minimum atomic E-state index is -4.64. The molecule has 0 atom stereocenters. The van der Waals surface area contributed by atoms with Gasteiger partial charge in [0, 0.05) is 0 Å². The maximum atomic E-state index is 10.4. The Kier molecular flexibility index (Phi) is 19.5. The van der Waals surface area contributed by atoms with Crippen molar-refractivity contribution in [1.29, 1.82) is 0 Å². The second kappa shape index (κ2) is 7.34. The molecule has 0 bridgehead atoms. The third-order valence-corrected chi connectivity index (χ3v) is 0.134. The average molecular weight is 152 g/mol. The van der Waals surface area contributed by atoms with E-state index >= 15 is 0 Å². The van der Waals surface area contributed by atoms with Crippen LogP contribution in [0.3, 0.4) is 0 Å². The predicted octanol–water partition coefficient (Wildman–Crippen LogP) is -1.73. The van der Waals surface area contributed by atoms with Gasteiger partial charge in [0.15, 0.2) is 0 Å². The Labute approximate surface area is 48.2 Å². The maximum absolute atomic E-state index is 10.4. The Morgan fingerprint density at radius 2 is 1.11 bits per heavy atom. The smallest absolute Gasteiger partial charge is 0.412 e. The number of carbonyl (C=O) groups excluding carboxylic acids is 1. The number of alkyl halides is 3. The fourth-order valence-electron chi connectivity index (χ4n) is 0. The highest BCUT2D eigenvalue weighted by Crippen LogP contribution is 2.08. The number of rotatable bonds is 0. The van der Waals surface area contributed by atoms with Crippen molar-refractivity contribution < 1.29 is 34.4 Å². The van der Waals surface area contributed by atoms with E-state index in [1.165, 1.54) is 0 Å². The van der Waals surface area contributed by atoms with Crippen LogP contribution < -0.4 is 0 Å². The van der Waals surface area contributed by atoms with E-state index in [9.17, 15) is 13.2 Å². The quantitative estimate of drug-likeness (QED) is 0.377. The second-order valence-corrected chi connectivity index (χ2v) is 0.659. The summed E-state index contributed by atoms with van der Waals surface area (Å²) in [5.41, 5.74) is 0. The summed E-state index contributed by atoms with van der Waals surface area (Å²) in [4.78, 5) is 8.70. The van der Waals surface area contributed by atoms with Gasteiger partial charge in [0.2, 0.25) is 6.29 Å². The van der Waals surface area contributed by atoms with Gasteiger partial charge in [-0.1, -0.05) is 0 Å². The van der Waals surface area contributed by atoms with Gasteiger partial charge in [0.25, 0.3) is 0 Å². The zero-order valence-corrected chi connectivity index (χ0v) is 4.12. The van der Waals surface area contributed by atoms with E-state index in [-0.39, 0.29) is 16.4 Å². The highest BCUT2D eigenvalue weighted by atomic mass is 19.4. The standard InChI is InChI=1S/C2HF3O.3H2O/c3-2(4,5)1-6;;;/h1H;3*1H2. The van der Waals surface area contributed by atoms with Gasteiger partial charge in [0.05, 0.1) is 0 Å². The molecule has 0 spiro atoms. The highest BCUT2D eigenvalue weighted by Gasteiger charge is 2.24. The molecule has 0 aromatic carbocycles. The van der Waals surface area contributed by atoms with Crippen molar-refractivity contribution in [3.05, 3.63) is 0 Å². The first kappa shape index (κ1) is 23.9. The summed E-state index contributed by atoms with van der Waals surface area (Å²) < 4.78 is 31.2. The number of hydrogen-bond acceptors (Lipinski definition) is 1. The lowest BCUT2D eigenvalue weighted by molar-refractivity contribution is -0.156. The van der Waals surface area contributed by atoms with Gasteiger partial charge in [-0.05, 0) is 0 Å². The molecular weight excluding hydrogens is 145 g/mol. The topological polar surface area (TPSA) is 112 Å². The normalized spacial score (nSPS) is 7.44. The van der Waals surface area contributed by atoms with Crippen LogP contribution in [0.2, 0.25) is 0 Å². The Morgan fingerprint density at radius 1 is 1.00 bits per heavy atom. The van der Waals surface area contributed by atoms with E-state index < -0.39 is 12.5 Å². The summed E-state index contributed by atoms with van der Waals surface area (Å²) in [6.45, 7) is 0. The molecule has 9 heavy (non-hydrogen) atoms. The molecule has 0 aromatic heterocycles. The van der Waals surface area contributed by atoms with Gasteiger partial charge in [-0.15, -0.1) is 0 Å². The molecule has 0 rings (SSSR count). The molecule has 6 N–H and O–H groups in total. The van der Waals surface area contributed by atoms with E-state index in [0.717, 1.165) is 0 Å². The van der Waals surface area contributed by atoms with E-state index in [4.69, 9.17) is 4.79 Å². The maximum Gasteiger partial charge on any atom is 0.446 e. The molecule has 0 heterocycles. The molecule has 60 valence electrons. The lowest BCUT2D eigenvalue weighted by Gasteiger charge is -1.87. The lowest BCUT2D eigenvalue weighted by atomic mass is 10.8. The first-order valence-electron chi connectivity index (χ1n) is 1.09. The van der Waals surface area contributed by atoms with Crippen LogP contribution in [-0.2, 0) is 4.79 Å². The van der Waals surface area contributed by atoms with Gasteiger partial charge in [-0.25, -0.2) is 0 Å². The third-order valence-electron chi connectivity index (χ3n) is 0.134. The zero-order chi connectivity index (χ0) is 5.21. The Bertz CT molecular complexity index is 59.3. The SMILES string of the molecule is O.O.O.O=CC(F)(F)F. The van der Waals surface area contributed by atoms with Crippen molar-refractivity contribution in [3.8, 4) is 0 Å². The summed E-state index contributed by atoms with van der Waals surface area (Å²) >= 11 is 0. The van der Waals surface area contributed by atoms with Crippen LogP contribution in [0.25, 0.3) is 0 Å². The molecule has 0 fully saturated rings. The minimum Gasteiger partial charge on any atom is -0.412 e. The van der Waals surface area contributed by atoms with Crippen molar-refractivity contribution in [2.45, 2.75) is 6.18 Å². The van der Waals surface area contributed by atoms with Crippen LogP contribution in [0.15, 0.2) is 0 Å². The van der Waals surface area contributed by atoms with Crippen molar-refractivity contribution >= 4 is 6.29 Å². The second-order valence-electron chi connectivity index (χ2n) is 0.659. The van der Waals surface area contributed by atoms with Crippen LogP contribution in [0.4, 0.5) is 13.2 Å². The van der Waals surface area contributed by atoms with Gasteiger partial charge in [-0.2, -0.15) is 13.2 Å². The fraction of sp³-hybridized carbons (Fsp3) is 0.500. The Hall–Kier alpha value is -0.660. The van der Waals surface area contributed by atoms with Crippen molar-refractivity contribution in [1.82, 2.24) is 0 Å². The molecule has 0 radical (unpaired) electrons. The Balaban J connectivity index is -0.0000000417. The van der Waals surface area contributed by atoms with Gasteiger partial charge in [0.1, 0.15) is 0 Å². The van der Waals surface area contributed by atoms with Crippen molar-refractivity contribution in [2.75, 3.05) is 0 Å². The molecule has 0 aliphatic carbocycles. The lowest BCUT2D eigenvalue weighted by Crippen LogP contribution is -2.07. The molecule has 0 aliphatic heterocycles. The molecule has 0 aliphatic rings.